The monoisotopic (exact) mass is 337 g/mol. The summed E-state index contributed by atoms with van der Waals surface area (Å²) in [7, 11) is 0. The van der Waals surface area contributed by atoms with E-state index in [0.29, 0.717) is 28.5 Å². The summed E-state index contributed by atoms with van der Waals surface area (Å²) in [4.78, 5) is 32.4. The Balaban J connectivity index is 2.21. The van der Waals surface area contributed by atoms with Crippen LogP contribution < -0.4 is 4.74 Å². The molecule has 0 aliphatic carbocycles. The molecule has 0 spiro atoms. The first-order valence-corrected chi connectivity index (χ1v) is 7.85. The number of rotatable bonds is 6. The number of aromatic nitrogens is 2. The first kappa shape index (κ1) is 18.3. The summed E-state index contributed by atoms with van der Waals surface area (Å²) >= 11 is 0. The molecule has 1 aromatic heterocycles. The first-order valence-electron chi connectivity index (χ1n) is 7.85. The van der Waals surface area contributed by atoms with Gasteiger partial charge in [-0.1, -0.05) is 12.1 Å². The Bertz CT molecular complexity index is 835. The number of aryl methyl sites for hydroxylation is 2. The number of nitrogens with zero attached hydrogens (tertiary/aromatic N) is 3. The third-order valence-corrected chi connectivity index (χ3v) is 3.65. The lowest BCUT2D eigenvalue weighted by atomic mass is 9.97. The van der Waals surface area contributed by atoms with Gasteiger partial charge in [-0.15, -0.1) is 0 Å². The molecule has 0 saturated carbocycles. The van der Waals surface area contributed by atoms with E-state index in [2.05, 4.69) is 9.97 Å². The fourth-order valence-corrected chi connectivity index (χ4v) is 2.45. The standard InChI is InChI=1S/C19H19N3O3/c1-11-8-18(22-14(4)21-11)17(10-20)19(24)13(3)25-16-7-5-6-15(9-16)12(2)23/h5-9,13,17H,1-4H3/t13-,17-/m1/s1. The van der Waals surface area contributed by atoms with Crippen LogP contribution >= 0.6 is 0 Å². The van der Waals surface area contributed by atoms with Crippen molar-refractivity contribution in [3.63, 3.8) is 0 Å². The van der Waals surface area contributed by atoms with E-state index in [4.69, 9.17) is 4.74 Å². The average Bonchev–Trinajstić information content (AvgIpc) is 2.54. The topological polar surface area (TPSA) is 92.9 Å². The molecule has 0 aliphatic heterocycles. The highest BCUT2D eigenvalue weighted by Gasteiger charge is 2.28. The van der Waals surface area contributed by atoms with Crippen LogP contribution in [0.15, 0.2) is 30.3 Å². The number of carbonyl (C=O) groups excluding carboxylic acids is 2. The van der Waals surface area contributed by atoms with Gasteiger partial charge in [0.25, 0.3) is 0 Å². The fraction of sp³-hybridized carbons (Fsp3) is 0.316. The summed E-state index contributed by atoms with van der Waals surface area (Å²) in [5, 5.41) is 9.43. The predicted molar refractivity (Wildman–Crippen MR) is 91.4 cm³/mol. The van der Waals surface area contributed by atoms with E-state index in [1.165, 1.54) is 6.92 Å². The second kappa shape index (κ2) is 7.67. The van der Waals surface area contributed by atoms with Crippen molar-refractivity contribution in [2.75, 3.05) is 0 Å². The zero-order valence-electron chi connectivity index (χ0n) is 14.6. The van der Waals surface area contributed by atoms with Gasteiger partial charge in [-0.2, -0.15) is 5.26 Å². The van der Waals surface area contributed by atoms with Crippen LogP contribution in [-0.2, 0) is 4.79 Å². The quantitative estimate of drug-likeness (QED) is 0.752. The zero-order chi connectivity index (χ0) is 18.6. The smallest absolute Gasteiger partial charge is 0.196 e. The number of hydrogen-bond acceptors (Lipinski definition) is 6. The maximum absolute atomic E-state index is 12.6. The van der Waals surface area contributed by atoms with Crippen molar-refractivity contribution in [3.8, 4) is 11.8 Å². The van der Waals surface area contributed by atoms with Crippen LogP contribution in [0.25, 0.3) is 0 Å². The molecule has 1 aromatic carbocycles. The van der Waals surface area contributed by atoms with E-state index in [1.807, 2.05) is 6.07 Å². The molecule has 0 unspecified atom stereocenters. The molecule has 0 saturated heterocycles. The lowest BCUT2D eigenvalue weighted by molar-refractivity contribution is -0.125. The number of ketones is 2. The number of carbonyl (C=O) groups is 2. The predicted octanol–water partition coefficient (Wildman–Crippen LogP) is 2.94. The third-order valence-electron chi connectivity index (χ3n) is 3.65. The third kappa shape index (κ3) is 4.48. The molecular weight excluding hydrogens is 318 g/mol. The fourth-order valence-electron chi connectivity index (χ4n) is 2.45. The van der Waals surface area contributed by atoms with Crippen molar-refractivity contribution >= 4 is 11.6 Å². The van der Waals surface area contributed by atoms with Gasteiger partial charge < -0.3 is 4.74 Å². The maximum atomic E-state index is 12.6. The van der Waals surface area contributed by atoms with Crippen LogP contribution in [0.1, 0.15) is 47.3 Å². The van der Waals surface area contributed by atoms with E-state index in [1.54, 1.807) is 51.1 Å². The molecule has 128 valence electrons. The van der Waals surface area contributed by atoms with Gasteiger partial charge in [0.2, 0.25) is 0 Å². The number of ether oxygens (including phenoxy) is 1. The van der Waals surface area contributed by atoms with Crippen molar-refractivity contribution < 1.29 is 14.3 Å². The summed E-state index contributed by atoms with van der Waals surface area (Å²) < 4.78 is 5.64. The molecule has 6 heteroatoms. The first-order chi connectivity index (χ1) is 11.8. The minimum Gasteiger partial charge on any atom is -0.483 e. The summed E-state index contributed by atoms with van der Waals surface area (Å²) in [5.74, 6) is -0.614. The SMILES string of the molecule is CC(=O)c1cccc(O[C@H](C)C(=O)[C@H](C#N)c2cc(C)nc(C)n2)c1. The van der Waals surface area contributed by atoms with Gasteiger partial charge in [-0.25, -0.2) is 9.97 Å². The van der Waals surface area contributed by atoms with Gasteiger partial charge in [0.1, 0.15) is 11.6 Å². The lowest BCUT2D eigenvalue weighted by Crippen LogP contribution is -2.29. The molecular formula is C19H19N3O3. The Hall–Kier alpha value is -3.07. The molecule has 0 N–H and O–H groups in total. The van der Waals surface area contributed by atoms with E-state index in [0.717, 1.165) is 0 Å². The van der Waals surface area contributed by atoms with Crippen molar-refractivity contribution in [2.24, 2.45) is 0 Å². The molecule has 2 rings (SSSR count). The summed E-state index contributed by atoms with van der Waals surface area (Å²) in [6, 6.07) is 10.2. The maximum Gasteiger partial charge on any atom is 0.196 e. The Morgan fingerprint density at radius 3 is 2.52 bits per heavy atom. The van der Waals surface area contributed by atoms with E-state index in [-0.39, 0.29) is 5.78 Å². The largest absolute Gasteiger partial charge is 0.483 e. The Morgan fingerprint density at radius 2 is 1.92 bits per heavy atom. The highest BCUT2D eigenvalue weighted by atomic mass is 16.5. The lowest BCUT2D eigenvalue weighted by Gasteiger charge is -2.17. The normalized spacial score (nSPS) is 12.8. The van der Waals surface area contributed by atoms with Crippen LogP contribution in [0.4, 0.5) is 0 Å². The van der Waals surface area contributed by atoms with Gasteiger partial charge in [-0.3, -0.25) is 9.59 Å². The van der Waals surface area contributed by atoms with Gasteiger partial charge in [0.05, 0.1) is 11.8 Å². The van der Waals surface area contributed by atoms with Crippen molar-refractivity contribution in [3.05, 3.63) is 53.1 Å². The minimum atomic E-state index is -1.04. The molecule has 25 heavy (non-hydrogen) atoms. The number of benzene rings is 1. The van der Waals surface area contributed by atoms with Crippen molar-refractivity contribution in [1.82, 2.24) is 9.97 Å². The van der Waals surface area contributed by atoms with Gasteiger partial charge >= 0.3 is 0 Å². The molecule has 0 bridgehead atoms. The van der Waals surface area contributed by atoms with Crippen LogP contribution in [-0.4, -0.2) is 27.6 Å². The average molecular weight is 337 g/mol. The highest BCUT2D eigenvalue weighted by molar-refractivity contribution is 5.94. The zero-order valence-corrected chi connectivity index (χ0v) is 14.6. The minimum absolute atomic E-state index is 0.0914. The van der Waals surface area contributed by atoms with Gasteiger partial charge in [-0.05, 0) is 45.9 Å². The number of hydrogen-bond donors (Lipinski definition) is 0. The van der Waals surface area contributed by atoms with Gasteiger partial charge in [0, 0.05) is 11.3 Å². The molecule has 6 nitrogen and oxygen atoms in total. The Labute approximate surface area is 146 Å². The molecule has 0 amide bonds. The molecule has 0 radical (unpaired) electrons. The van der Waals surface area contributed by atoms with Gasteiger partial charge in [0.15, 0.2) is 23.6 Å². The summed E-state index contributed by atoms with van der Waals surface area (Å²) in [6.45, 7) is 6.53. The van der Waals surface area contributed by atoms with E-state index < -0.39 is 17.8 Å². The van der Waals surface area contributed by atoms with Crippen molar-refractivity contribution in [2.45, 2.75) is 39.7 Å². The summed E-state index contributed by atoms with van der Waals surface area (Å²) in [5.41, 5.74) is 1.56. The molecule has 0 fully saturated rings. The van der Waals surface area contributed by atoms with Crippen LogP contribution in [0, 0.1) is 25.2 Å². The highest BCUT2D eigenvalue weighted by Crippen LogP contribution is 2.21. The van der Waals surface area contributed by atoms with Crippen LogP contribution in [0.5, 0.6) is 5.75 Å². The second-order valence-electron chi connectivity index (χ2n) is 5.79. The molecule has 0 aliphatic rings. The van der Waals surface area contributed by atoms with Crippen LogP contribution in [0.3, 0.4) is 0 Å². The van der Waals surface area contributed by atoms with Crippen LogP contribution in [0.2, 0.25) is 0 Å². The molecule has 1 heterocycles. The Morgan fingerprint density at radius 1 is 1.20 bits per heavy atom. The second-order valence-corrected chi connectivity index (χ2v) is 5.79. The Kier molecular flexibility index (Phi) is 5.60. The number of nitriles is 1. The van der Waals surface area contributed by atoms with E-state index >= 15 is 0 Å². The molecule has 2 aromatic rings. The molecule has 2 atom stereocenters. The summed E-state index contributed by atoms with van der Waals surface area (Å²) in [6.07, 6.45) is -0.859. The number of Topliss-reactive ketones (excluding diaryl/α,β-unsaturated/α-hetero) is 2. The van der Waals surface area contributed by atoms with Crippen molar-refractivity contribution in [1.29, 1.82) is 5.26 Å². The van der Waals surface area contributed by atoms with E-state index in [9.17, 15) is 14.9 Å².